The monoisotopic (exact) mass is 294 g/mol. The number of hydrogen-bond donors (Lipinski definition) is 3. The molecule has 1 unspecified atom stereocenters. The summed E-state index contributed by atoms with van der Waals surface area (Å²) < 4.78 is 12.8. The molecule has 1 aromatic rings. The highest BCUT2D eigenvalue weighted by atomic mass is 19.1. The molecule has 1 aliphatic rings. The van der Waals surface area contributed by atoms with Crippen LogP contribution in [-0.2, 0) is 9.59 Å². The minimum atomic E-state index is -0.375. The molecule has 0 saturated heterocycles. The summed E-state index contributed by atoms with van der Waals surface area (Å²) in [7, 11) is 1.81. The number of anilines is 1. The van der Waals surface area contributed by atoms with E-state index in [9.17, 15) is 14.0 Å². The van der Waals surface area contributed by atoms with E-state index < -0.39 is 0 Å². The van der Waals surface area contributed by atoms with Gasteiger partial charge in [-0.2, -0.15) is 0 Å². The highest BCUT2D eigenvalue weighted by Gasteiger charge is 2.27. The molecule has 0 radical (unpaired) electrons. The predicted molar refractivity (Wildman–Crippen MR) is 77.4 cm³/mol. The van der Waals surface area contributed by atoms with Gasteiger partial charge >= 0.3 is 0 Å². The smallest absolute Gasteiger partial charge is 0.282 e. The van der Waals surface area contributed by atoms with Crippen LogP contribution in [0.3, 0.4) is 0 Å². The summed E-state index contributed by atoms with van der Waals surface area (Å²) in [6, 6.07) is 5.55. The van der Waals surface area contributed by atoms with Crippen LogP contribution in [0.1, 0.15) is 19.8 Å². The Balaban J connectivity index is 1.82. The van der Waals surface area contributed by atoms with Crippen molar-refractivity contribution in [3.05, 3.63) is 30.1 Å². The van der Waals surface area contributed by atoms with Gasteiger partial charge in [0.2, 0.25) is 0 Å². The van der Waals surface area contributed by atoms with Crippen molar-refractivity contribution in [2.75, 3.05) is 18.9 Å². The molecule has 6 heteroatoms. The number of carbonyl (C=O) groups is 2. The van der Waals surface area contributed by atoms with E-state index in [1.54, 1.807) is 14.0 Å². The second kappa shape index (κ2) is 6.67. The number of rotatable bonds is 6. The van der Waals surface area contributed by atoms with Crippen molar-refractivity contribution in [1.82, 2.24) is 5.32 Å². The number of quaternary nitrogens is 1. The summed E-state index contributed by atoms with van der Waals surface area (Å²) in [5.74, 6) is -0.574. The Morgan fingerprint density at radius 1 is 1.33 bits per heavy atom. The van der Waals surface area contributed by atoms with Gasteiger partial charge in [0, 0.05) is 11.7 Å². The second-order valence-electron chi connectivity index (χ2n) is 5.58. The zero-order valence-corrected chi connectivity index (χ0v) is 12.3. The average molecular weight is 294 g/mol. The topological polar surface area (TPSA) is 62.6 Å². The summed E-state index contributed by atoms with van der Waals surface area (Å²) >= 11 is 0. The third-order valence-electron chi connectivity index (χ3n) is 3.63. The quantitative estimate of drug-likeness (QED) is 0.689. The number of amides is 2. The first-order chi connectivity index (χ1) is 9.95. The lowest BCUT2D eigenvalue weighted by molar-refractivity contribution is -0.885. The molecular formula is C15H21FN3O2+. The first-order valence-electron chi connectivity index (χ1n) is 7.14. The maximum atomic E-state index is 12.8. The molecule has 2 rings (SSSR count). The van der Waals surface area contributed by atoms with Crippen LogP contribution in [0.15, 0.2) is 24.3 Å². The number of hydrogen-bond acceptors (Lipinski definition) is 2. The zero-order chi connectivity index (χ0) is 15.4. The van der Waals surface area contributed by atoms with Gasteiger partial charge in [0.25, 0.3) is 11.8 Å². The van der Waals surface area contributed by atoms with Crippen LogP contribution >= 0.6 is 0 Å². The van der Waals surface area contributed by atoms with E-state index in [1.807, 2.05) is 0 Å². The first-order valence-corrected chi connectivity index (χ1v) is 7.14. The van der Waals surface area contributed by atoms with Crippen LogP contribution in [0.2, 0.25) is 0 Å². The molecule has 0 aromatic heterocycles. The third-order valence-corrected chi connectivity index (χ3v) is 3.63. The summed E-state index contributed by atoms with van der Waals surface area (Å²) in [6.45, 7) is 2.02. The van der Waals surface area contributed by atoms with Gasteiger partial charge in [0.15, 0.2) is 12.6 Å². The van der Waals surface area contributed by atoms with Gasteiger partial charge in [0.1, 0.15) is 5.82 Å². The fourth-order valence-corrected chi connectivity index (χ4v) is 1.92. The van der Waals surface area contributed by atoms with Gasteiger partial charge < -0.3 is 15.5 Å². The SMILES string of the molecule is C[C@@H](C(=O)Nc1ccc(F)cc1)[NH+](C)CC(=O)NC1CC1. The summed E-state index contributed by atoms with van der Waals surface area (Å²) in [5.41, 5.74) is 0.545. The van der Waals surface area contributed by atoms with Crippen molar-refractivity contribution in [3.8, 4) is 0 Å². The van der Waals surface area contributed by atoms with Crippen molar-refractivity contribution < 1.29 is 18.9 Å². The standard InChI is InChI=1S/C15H20FN3O2/c1-10(19(2)9-14(20)17-12-7-8-12)15(21)18-13-5-3-11(16)4-6-13/h3-6,10,12H,7-9H2,1-2H3,(H,17,20)(H,18,21)/p+1/t10-/m0/s1. The molecule has 0 bridgehead atoms. The molecule has 1 aliphatic carbocycles. The molecule has 2 atom stereocenters. The molecule has 114 valence electrons. The molecule has 5 nitrogen and oxygen atoms in total. The molecule has 2 amide bonds. The second-order valence-corrected chi connectivity index (χ2v) is 5.58. The zero-order valence-electron chi connectivity index (χ0n) is 12.3. The Hall–Kier alpha value is -1.95. The highest BCUT2D eigenvalue weighted by molar-refractivity contribution is 5.93. The largest absolute Gasteiger partial charge is 0.348 e. The maximum absolute atomic E-state index is 12.8. The third kappa shape index (κ3) is 4.82. The summed E-state index contributed by atoms with van der Waals surface area (Å²) in [6.07, 6.45) is 2.09. The number of carbonyl (C=O) groups excluding carboxylic acids is 2. The molecule has 21 heavy (non-hydrogen) atoms. The van der Waals surface area contributed by atoms with E-state index in [1.165, 1.54) is 24.3 Å². The van der Waals surface area contributed by atoms with Crippen molar-refractivity contribution in [1.29, 1.82) is 0 Å². The molecule has 1 saturated carbocycles. The van der Waals surface area contributed by atoms with Crippen LogP contribution in [0.25, 0.3) is 0 Å². The molecule has 0 aliphatic heterocycles. The van der Waals surface area contributed by atoms with Gasteiger partial charge in [-0.1, -0.05) is 0 Å². The van der Waals surface area contributed by atoms with Crippen molar-refractivity contribution >= 4 is 17.5 Å². The Kier molecular flexibility index (Phi) is 4.90. The van der Waals surface area contributed by atoms with Crippen molar-refractivity contribution in [3.63, 3.8) is 0 Å². The molecule has 1 fully saturated rings. The number of nitrogens with one attached hydrogen (secondary N) is 3. The average Bonchev–Trinajstić information content (AvgIpc) is 3.24. The molecular weight excluding hydrogens is 273 g/mol. The van der Waals surface area contributed by atoms with E-state index in [4.69, 9.17) is 0 Å². The minimum Gasteiger partial charge on any atom is -0.348 e. The molecule has 3 N–H and O–H groups in total. The van der Waals surface area contributed by atoms with E-state index in [-0.39, 0.29) is 30.2 Å². The molecule has 0 spiro atoms. The number of benzene rings is 1. The van der Waals surface area contributed by atoms with E-state index >= 15 is 0 Å². The van der Waals surface area contributed by atoms with Gasteiger partial charge in [-0.25, -0.2) is 4.39 Å². The normalized spacial score (nSPS) is 16.9. The summed E-state index contributed by atoms with van der Waals surface area (Å²) in [5, 5.41) is 5.62. The number of likely N-dealkylation sites (N-methyl/N-ethyl adjacent to an activating group) is 1. The fourth-order valence-electron chi connectivity index (χ4n) is 1.92. The number of halogens is 1. The van der Waals surface area contributed by atoms with E-state index in [0.29, 0.717) is 11.7 Å². The fraction of sp³-hybridized carbons (Fsp3) is 0.467. The minimum absolute atomic E-state index is 0.0311. The van der Waals surface area contributed by atoms with E-state index in [2.05, 4.69) is 10.6 Å². The first kappa shape index (κ1) is 15.4. The lowest BCUT2D eigenvalue weighted by Gasteiger charge is -2.20. The maximum Gasteiger partial charge on any atom is 0.282 e. The van der Waals surface area contributed by atoms with Crippen LogP contribution in [0.5, 0.6) is 0 Å². The van der Waals surface area contributed by atoms with Crippen LogP contribution < -0.4 is 15.5 Å². The van der Waals surface area contributed by atoms with Crippen LogP contribution in [0, 0.1) is 5.82 Å². The lowest BCUT2D eigenvalue weighted by atomic mass is 10.2. The van der Waals surface area contributed by atoms with Gasteiger partial charge in [-0.3, -0.25) is 9.59 Å². The Bertz CT molecular complexity index is 514. The van der Waals surface area contributed by atoms with E-state index in [0.717, 1.165) is 17.7 Å². The molecule has 1 aromatic carbocycles. The molecule has 0 heterocycles. The van der Waals surface area contributed by atoms with Crippen molar-refractivity contribution in [2.45, 2.75) is 31.8 Å². The Morgan fingerprint density at radius 2 is 1.95 bits per heavy atom. The van der Waals surface area contributed by atoms with Gasteiger partial charge in [-0.15, -0.1) is 0 Å². The highest BCUT2D eigenvalue weighted by Crippen LogP contribution is 2.18. The Labute approximate surface area is 123 Å². The van der Waals surface area contributed by atoms with Crippen LogP contribution in [0.4, 0.5) is 10.1 Å². The van der Waals surface area contributed by atoms with Crippen molar-refractivity contribution in [2.24, 2.45) is 0 Å². The van der Waals surface area contributed by atoms with Gasteiger partial charge in [0.05, 0.1) is 7.05 Å². The van der Waals surface area contributed by atoms with Gasteiger partial charge in [-0.05, 0) is 44.0 Å². The Morgan fingerprint density at radius 3 is 2.52 bits per heavy atom. The van der Waals surface area contributed by atoms with Crippen LogP contribution in [-0.4, -0.2) is 37.5 Å². The predicted octanol–water partition coefficient (Wildman–Crippen LogP) is -0.0540. The summed E-state index contributed by atoms with van der Waals surface area (Å²) in [4.78, 5) is 24.6. The lowest BCUT2D eigenvalue weighted by Crippen LogP contribution is -3.15.